The summed E-state index contributed by atoms with van der Waals surface area (Å²) < 4.78 is 0. The fourth-order valence-electron chi connectivity index (χ4n) is 1.76. The van der Waals surface area contributed by atoms with Crippen molar-refractivity contribution in [3.05, 3.63) is 48.3 Å². The van der Waals surface area contributed by atoms with Gasteiger partial charge in [0.15, 0.2) is 0 Å². The van der Waals surface area contributed by atoms with Crippen LogP contribution in [0.2, 0.25) is 0 Å². The van der Waals surface area contributed by atoms with Crippen molar-refractivity contribution >= 4 is 48.4 Å². The van der Waals surface area contributed by atoms with Crippen molar-refractivity contribution in [3.8, 4) is 0 Å². The topological polar surface area (TPSA) is 57.4 Å². The fraction of sp³-hybridized carbons (Fsp3) is 0.263. The van der Waals surface area contributed by atoms with Gasteiger partial charge in [0.1, 0.15) is 0 Å². The molecule has 0 aliphatic carbocycles. The second-order valence-corrected chi connectivity index (χ2v) is 4.88. The van der Waals surface area contributed by atoms with E-state index in [1.807, 2.05) is 71.0 Å². The maximum atomic E-state index is 4.85. The van der Waals surface area contributed by atoms with E-state index in [2.05, 4.69) is 26.5 Å². The molecule has 0 bridgehead atoms. The standard InChI is InChI=1S/C8H10N2S.C7H6N2S.2C2H6.Cu/c1-3-5-7-6(4-2)9-8(11)10-7;10-7-8-5-3-1-2-4-6(5)9-7;2*1-2;/h3-5H,2H2,1H3,(H2,9,10,11);1-4H,(H2,8,9,10);2*1-2H3;/q;;;;+2/p-2/b5-3-;;;;. The van der Waals surface area contributed by atoms with E-state index >= 15 is 0 Å². The smallest absolute Gasteiger partial charge is 0.742 e. The third-order valence-corrected chi connectivity index (χ3v) is 3.02. The van der Waals surface area contributed by atoms with Crippen molar-refractivity contribution in [2.75, 3.05) is 0 Å². The Kier molecular flexibility index (Phi) is 15.9. The minimum atomic E-state index is 0. The molecule has 0 atom stereocenters. The van der Waals surface area contributed by atoms with Gasteiger partial charge in [-0.3, -0.25) is 9.97 Å². The summed E-state index contributed by atoms with van der Waals surface area (Å²) in [7, 11) is 0. The minimum absolute atomic E-state index is 0. The Balaban J connectivity index is 0. The van der Waals surface area contributed by atoms with Gasteiger partial charge in [-0.25, -0.2) is 0 Å². The van der Waals surface area contributed by atoms with Crippen molar-refractivity contribution < 1.29 is 17.1 Å². The molecule has 3 rings (SSSR count). The van der Waals surface area contributed by atoms with Crippen molar-refractivity contribution in [2.24, 2.45) is 0 Å². The van der Waals surface area contributed by atoms with E-state index in [0.29, 0.717) is 10.3 Å². The number of fused-ring (bicyclic) bond motifs is 1. The van der Waals surface area contributed by atoms with E-state index in [4.69, 9.17) is 25.3 Å². The second kappa shape index (κ2) is 15.6. The number of aromatic nitrogens is 4. The number of aromatic amines is 2. The average molecular weight is 438 g/mol. The summed E-state index contributed by atoms with van der Waals surface area (Å²) in [6.45, 7) is 13.6. The van der Waals surface area contributed by atoms with Crippen LogP contribution in [0.1, 0.15) is 46.0 Å². The molecule has 0 unspecified atom stereocenters. The van der Waals surface area contributed by atoms with Crippen molar-refractivity contribution in [1.82, 2.24) is 19.9 Å². The van der Waals surface area contributed by atoms with Gasteiger partial charge in [0.25, 0.3) is 0 Å². The molecule has 2 aromatic heterocycles. The number of para-hydroxylation sites is 2. The van der Waals surface area contributed by atoms with Crippen molar-refractivity contribution in [1.29, 1.82) is 0 Å². The molecule has 2 heterocycles. The summed E-state index contributed by atoms with van der Waals surface area (Å²) in [5.74, 6) is 0. The van der Waals surface area contributed by atoms with Gasteiger partial charge in [0.2, 0.25) is 0 Å². The van der Waals surface area contributed by atoms with E-state index in [-0.39, 0.29) is 17.1 Å². The van der Waals surface area contributed by atoms with Crippen molar-refractivity contribution in [3.63, 3.8) is 0 Å². The van der Waals surface area contributed by atoms with Crippen LogP contribution in [-0.2, 0) is 42.3 Å². The van der Waals surface area contributed by atoms with Gasteiger partial charge in [-0.1, -0.05) is 52.5 Å². The van der Waals surface area contributed by atoms with Crippen LogP contribution in [0.15, 0.2) is 47.2 Å². The van der Waals surface area contributed by atoms with Crippen LogP contribution >= 0.6 is 0 Å². The zero-order chi connectivity index (χ0) is 19.2. The number of hydrogen-bond acceptors (Lipinski definition) is 4. The average Bonchev–Trinajstić information content (AvgIpc) is 3.20. The quantitative estimate of drug-likeness (QED) is 0.410. The maximum Gasteiger partial charge on any atom is 2.00 e. The summed E-state index contributed by atoms with van der Waals surface area (Å²) in [6.07, 6.45) is 5.52. The molecule has 2 N–H and O–H groups in total. The predicted molar refractivity (Wildman–Crippen MR) is 113 cm³/mol. The van der Waals surface area contributed by atoms with Gasteiger partial charge in [-0.2, -0.15) is 0 Å². The molecule has 0 saturated heterocycles. The van der Waals surface area contributed by atoms with Crippen LogP contribution in [0.3, 0.4) is 0 Å². The summed E-state index contributed by atoms with van der Waals surface area (Å²) >= 11 is 9.70. The van der Waals surface area contributed by atoms with E-state index in [1.54, 1.807) is 6.08 Å². The minimum Gasteiger partial charge on any atom is -0.742 e. The molecule has 4 nitrogen and oxygen atoms in total. The molecule has 7 heteroatoms. The molecule has 0 saturated carbocycles. The number of allylic oxidation sites excluding steroid dienone is 1. The van der Waals surface area contributed by atoms with Crippen LogP contribution < -0.4 is 0 Å². The normalized spacial score (nSPS) is 8.96. The molecular formula is C19H26CuN4S2. The Labute approximate surface area is 178 Å². The molecule has 1 aromatic carbocycles. The van der Waals surface area contributed by atoms with Gasteiger partial charge >= 0.3 is 17.1 Å². The summed E-state index contributed by atoms with van der Waals surface area (Å²) in [4.78, 5) is 14.0. The molecule has 0 aliphatic rings. The van der Waals surface area contributed by atoms with Gasteiger partial charge < -0.3 is 35.2 Å². The molecule has 0 amide bonds. The number of imidazole rings is 2. The summed E-state index contributed by atoms with van der Waals surface area (Å²) in [6, 6.07) is 7.78. The molecule has 0 spiro atoms. The molecule has 26 heavy (non-hydrogen) atoms. The number of H-pyrrole nitrogens is 2. The Morgan fingerprint density at radius 2 is 1.54 bits per heavy atom. The van der Waals surface area contributed by atoms with E-state index < -0.39 is 0 Å². The monoisotopic (exact) mass is 437 g/mol. The zero-order valence-electron chi connectivity index (χ0n) is 15.8. The Bertz CT molecular complexity index is 746. The first-order chi connectivity index (χ1) is 12.1. The molecule has 0 fully saturated rings. The maximum absolute atomic E-state index is 4.85. The van der Waals surface area contributed by atoms with E-state index in [9.17, 15) is 0 Å². The first kappa shape index (κ1) is 26.6. The molecular weight excluding hydrogens is 412 g/mol. The Morgan fingerprint density at radius 1 is 0.962 bits per heavy atom. The summed E-state index contributed by atoms with van der Waals surface area (Å²) in [5.41, 5.74) is 3.68. The third-order valence-electron chi connectivity index (χ3n) is 2.63. The largest absolute Gasteiger partial charge is 2.00 e. The number of hydrogen-bond donors (Lipinski definition) is 2. The predicted octanol–water partition coefficient (Wildman–Crippen LogP) is 5.51. The number of benzene rings is 1. The van der Waals surface area contributed by atoms with Crippen LogP contribution in [0.4, 0.5) is 0 Å². The third kappa shape index (κ3) is 8.63. The van der Waals surface area contributed by atoms with E-state index in [0.717, 1.165) is 22.4 Å². The fourth-order valence-corrected chi connectivity index (χ4v) is 2.17. The van der Waals surface area contributed by atoms with Crippen LogP contribution in [-0.4, -0.2) is 19.9 Å². The Morgan fingerprint density at radius 3 is 2.08 bits per heavy atom. The van der Waals surface area contributed by atoms with Gasteiger partial charge in [0, 0.05) is 0 Å². The number of nitrogens with zero attached hydrogens (tertiary/aromatic N) is 2. The van der Waals surface area contributed by atoms with Gasteiger partial charge in [-0.15, -0.1) is 0 Å². The van der Waals surface area contributed by atoms with Gasteiger partial charge in [-0.05, 0) is 41.5 Å². The number of nitrogens with one attached hydrogen (secondary N) is 2. The molecule has 3 aromatic rings. The molecule has 1 radical (unpaired) electrons. The number of rotatable bonds is 2. The van der Waals surface area contributed by atoms with Crippen LogP contribution in [0.5, 0.6) is 0 Å². The first-order valence-electron chi connectivity index (χ1n) is 8.28. The molecule has 145 valence electrons. The van der Waals surface area contributed by atoms with Crippen molar-refractivity contribution in [2.45, 2.75) is 44.9 Å². The zero-order valence-corrected chi connectivity index (χ0v) is 18.3. The first-order valence-corrected chi connectivity index (χ1v) is 9.09. The van der Waals surface area contributed by atoms with E-state index in [1.165, 1.54) is 0 Å². The SMILES string of the molecule is C=Cc1nc([S-])[nH]c1/C=C\C.CC.CC.[Cu+2].[S-]c1nc2ccccc2[nH]1. The summed E-state index contributed by atoms with van der Waals surface area (Å²) in [5, 5.41) is 1.06. The second-order valence-electron chi connectivity index (χ2n) is 4.10. The Hall–Kier alpha value is -1.66. The molecule has 0 aliphatic heterocycles. The van der Waals surface area contributed by atoms with Crippen LogP contribution in [0, 0.1) is 0 Å². The van der Waals surface area contributed by atoms with Gasteiger partial charge in [0.05, 0.1) is 22.4 Å². The van der Waals surface area contributed by atoms with Crippen LogP contribution in [0.25, 0.3) is 23.2 Å².